The van der Waals surface area contributed by atoms with Gasteiger partial charge in [-0.05, 0) is 30.3 Å². The molecule has 0 radical (unpaired) electrons. The summed E-state index contributed by atoms with van der Waals surface area (Å²) in [6.07, 6.45) is 3.38. The lowest BCUT2D eigenvalue weighted by Crippen LogP contribution is -1.97. The van der Waals surface area contributed by atoms with Crippen LogP contribution in [0.5, 0.6) is 11.5 Å². The SMILES string of the molecule is c1ccc(Oc2ccccc2Nc2ncccn2)cc1. The molecule has 0 atom stereocenters. The van der Waals surface area contributed by atoms with Crippen molar-refractivity contribution in [3.8, 4) is 11.5 Å². The lowest BCUT2D eigenvalue weighted by molar-refractivity contribution is 0.485. The van der Waals surface area contributed by atoms with Gasteiger partial charge < -0.3 is 10.1 Å². The van der Waals surface area contributed by atoms with Gasteiger partial charge in [0.05, 0.1) is 5.69 Å². The lowest BCUT2D eigenvalue weighted by atomic mass is 10.3. The zero-order valence-electron chi connectivity index (χ0n) is 10.7. The fraction of sp³-hybridized carbons (Fsp3) is 0. The summed E-state index contributed by atoms with van der Waals surface area (Å²) in [5.74, 6) is 2.05. The monoisotopic (exact) mass is 263 g/mol. The maximum absolute atomic E-state index is 5.86. The minimum atomic E-state index is 0.539. The summed E-state index contributed by atoms with van der Waals surface area (Å²) < 4.78 is 5.86. The molecule has 0 unspecified atom stereocenters. The summed E-state index contributed by atoms with van der Waals surface area (Å²) in [5, 5.41) is 3.15. The van der Waals surface area contributed by atoms with E-state index in [4.69, 9.17) is 4.74 Å². The van der Waals surface area contributed by atoms with E-state index in [0.717, 1.165) is 17.2 Å². The molecule has 98 valence electrons. The predicted octanol–water partition coefficient (Wildman–Crippen LogP) is 4.01. The molecule has 20 heavy (non-hydrogen) atoms. The molecule has 2 aromatic carbocycles. The number of nitrogens with one attached hydrogen (secondary N) is 1. The van der Waals surface area contributed by atoms with Crippen molar-refractivity contribution in [1.82, 2.24) is 9.97 Å². The van der Waals surface area contributed by atoms with Gasteiger partial charge in [-0.2, -0.15) is 0 Å². The number of para-hydroxylation sites is 3. The number of benzene rings is 2. The van der Waals surface area contributed by atoms with E-state index < -0.39 is 0 Å². The maximum Gasteiger partial charge on any atom is 0.227 e. The first-order valence-corrected chi connectivity index (χ1v) is 6.28. The highest BCUT2D eigenvalue weighted by atomic mass is 16.5. The van der Waals surface area contributed by atoms with E-state index in [2.05, 4.69) is 15.3 Å². The summed E-state index contributed by atoms with van der Waals surface area (Å²) in [5.41, 5.74) is 0.822. The van der Waals surface area contributed by atoms with Crippen molar-refractivity contribution < 1.29 is 4.74 Å². The van der Waals surface area contributed by atoms with E-state index in [1.54, 1.807) is 18.5 Å². The van der Waals surface area contributed by atoms with Crippen molar-refractivity contribution in [2.75, 3.05) is 5.32 Å². The summed E-state index contributed by atoms with van der Waals surface area (Å²) in [4.78, 5) is 8.29. The number of rotatable bonds is 4. The zero-order chi connectivity index (χ0) is 13.6. The van der Waals surface area contributed by atoms with Gasteiger partial charge in [0.2, 0.25) is 5.95 Å². The smallest absolute Gasteiger partial charge is 0.227 e. The standard InChI is InChI=1S/C16H13N3O/c1-2-7-13(8-3-1)20-15-10-5-4-9-14(15)19-16-17-11-6-12-18-16/h1-12H,(H,17,18,19). The fourth-order valence-electron chi connectivity index (χ4n) is 1.76. The van der Waals surface area contributed by atoms with Crippen LogP contribution in [0.2, 0.25) is 0 Å². The second-order valence-electron chi connectivity index (χ2n) is 4.11. The van der Waals surface area contributed by atoms with Crippen molar-refractivity contribution in [2.45, 2.75) is 0 Å². The van der Waals surface area contributed by atoms with E-state index in [0.29, 0.717) is 5.95 Å². The third kappa shape index (κ3) is 2.92. The largest absolute Gasteiger partial charge is 0.455 e. The molecule has 0 bridgehead atoms. The number of nitrogens with zero attached hydrogens (tertiary/aromatic N) is 2. The van der Waals surface area contributed by atoms with Gasteiger partial charge in [0, 0.05) is 12.4 Å². The number of anilines is 2. The molecule has 3 rings (SSSR count). The van der Waals surface area contributed by atoms with Crippen LogP contribution in [0.3, 0.4) is 0 Å². The summed E-state index contributed by atoms with van der Waals surface area (Å²) in [7, 11) is 0. The molecule has 0 saturated carbocycles. The maximum atomic E-state index is 5.86. The molecular formula is C16H13N3O. The third-order valence-electron chi connectivity index (χ3n) is 2.67. The molecule has 4 nitrogen and oxygen atoms in total. The molecular weight excluding hydrogens is 250 g/mol. The Kier molecular flexibility index (Phi) is 3.55. The van der Waals surface area contributed by atoms with E-state index in [1.165, 1.54) is 0 Å². The quantitative estimate of drug-likeness (QED) is 0.772. The Labute approximate surface area is 117 Å². The molecule has 1 heterocycles. The molecule has 0 amide bonds. The normalized spacial score (nSPS) is 10.0. The van der Waals surface area contributed by atoms with Crippen LogP contribution in [-0.2, 0) is 0 Å². The van der Waals surface area contributed by atoms with Gasteiger partial charge in [-0.3, -0.25) is 0 Å². The van der Waals surface area contributed by atoms with Crippen LogP contribution in [-0.4, -0.2) is 9.97 Å². The second-order valence-corrected chi connectivity index (χ2v) is 4.11. The number of hydrogen-bond donors (Lipinski definition) is 1. The molecule has 4 heteroatoms. The first-order chi connectivity index (χ1) is 9.92. The van der Waals surface area contributed by atoms with Crippen molar-refractivity contribution >= 4 is 11.6 Å². The highest BCUT2D eigenvalue weighted by molar-refractivity contribution is 5.62. The third-order valence-corrected chi connectivity index (χ3v) is 2.67. The molecule has 0 aliphatic heterocycles. The lowest BCUT2D eigenvalue weighted by Gasteiger charge is -2.11. The van der Waals surface area contributed by atoms with Gasteiger partial charge in [0.15, 0.2) is 5.75 Å². The molecule has 0 spiro atoms. The van der Waals surface area contributed by atoms with Crippen molar-refractivity contribution in [1.29, 1.82) is 0 Å². The van der Waals surface area contributed by atoms with Gasteiger partial charge in [-0.15, -0.1) is 0 Å². The van der Waals surface area contributed by atoms with Crippen molar-refractivity contribution in [3.05, 3.63) is 73.1 Å². The number of ether oxygens (including phenoxy) is 1. The van der Waals surface area contributed by atoms with Gasteiger partial charge in [-0.25, -0.2) is 9.97 Å². The van der Waals surface area contributed by atoms with E-state index in [-0.39, 0.29) is 0 Å². The second kappa shape index (κ2) is 5.84. The van der Waals surface area contributed by atoms with Crippen LogP contribution in [0.25, 0.3) is 0 Å². The average molecular weight is 263 g/mol. The van der Waals surface area contributed by atoms with Crippen LogP contribution < -0.4 is 10.1 Å². The van der Waals surface area contributed by atoms with Gasteiger partial charge >= 0.3 is 0 Å². The summed E-state index contributed by atoms with van der Waals surface area (Å²) in [6, 6.07) is 19.1. The Bertz CT molecular complexity index is 611. The van der Waals surface area contributed by atoms with Crippen LogP contribution in [0.4, 0.5) is 11.6 Å². The number of aromatic nitrogens is 2. The van der Waals surface area contributed by atoms with Crippen molar-refractivity contribution in [2.24, 2.45) is 0 Å². The van der Waals surface area contributed by atoms with Gasteiger partial charge in [0.1, 0.15) is 5.75 Å². The van der Waals surface area contributed by atoms with E-state index in [9.17, 15) is 0 Å². The average Bonchev–Trinajstić information content (AvgIpc) is 2.51. The van der Waals surface area contributed by atoms with Gasteiger partial charge in [0.25, 0.3) is 0 Å². The van der Waals surface area contributed by atoms with Crippen LogP contribution in [0, 0.1) is 0 Å². The first kappa shape index (κ1) is 12.2. The van der Waals surface area contributed by atoms with Gasteiger partial charge in [-0.1, -0.05) is 30.3 Å². The summed E-state index contributed by atoms with van der Waals surface area (Å²) in [6.45, 7) is 0. The Balaban J connectivity index is 1.85. The summed E-state index contributed by atoms with van der Waals surface area (Å²) >= 11 is 0. The van der Waals surface area contributed by atoms with Crippen LogP contribution >= 0.6 is 0 Å². The van der Waals surface area contributed by atoms with Crippen molar-refractivity contribution in [3.63, 3.8) is 0 Å². The Morgan fingerprint density at radius 2 is 1.45 bits per heavy atom. The number of hydrogen-bond acceptors (Lipinski definition) is 4. The molecule has 1 aromatic heterocycles. The Hall–Kier alpha value is -2.88. The molecule has 0 aliphatic rings. The molecule has 0 fully saturated rings. The Morgan fingerprint density at radius 3 is 2.25 bits per heavy atom. The fourth-order valence-corrected chi connectivity index (χ4v) is 1.76. The first-order valence-electron chi connectivity index (χ1n) is 6.28. The van der Waals surface area contributed by atoms with Crippen LogP contribution in [0.15, 0.2) is 73.1 Å². The minimum Gasteiger partial charge on any atom is -0.455 e. The molecule has 1 N–H and O–H groups in total. The molecule has 3 aromatic rings. The topological polar surface area (TPSA) is 47.0 Å². The van der Waals surface area contributed by atoms with E-state index >= 15 is 0 Å². The highest BCUT2D eigenvalue weighted by Gasteiger charge is 2.05. The zero-order valence-corrected chi connectivity index (χ0v) is 10.7. The minimum absolute atomic E-state index is 0.539. The predicted molar refractivity (Wildman–Crippen MR) is 78.3 cm³/mol. The van der Waals surface area contributed by atoms with Crippen LogP contribution in [0.1, 0.15) is 0 Å². The highest BCUT2D eigenvalue weighted by Crippen LogP contribution is 2.30. The Morgan fingerprint density at radius 1 is 0.750 bits per heavy atom. The van der Waals surface area contributed by atoms with E-state index in [1.807, 2.05) is 54.6 Å². The molecule has 0 saturated heterocycles. The molecule has 0 aliphatic carbocycles.